The summed E-state index contributed by atoms with van der Waals surface area (Å²) in [5, 5.41) is 9.35. The first kappa shape index (κ1) is 11.6. The molecule has 0 spiro atoms. The number of aliphatic hydroxyl groups excluding tert-OH is 1. The maximum Gasteiger partial charge on any atom is 0.219 e. The van der Waals surface area contributed by atoms with Crippen LogP contribution in [0.25, 0.3) is 0 Å². The van der Waals surface area contributed by atoms with Crippen molar-refractivity contribution in [3.05, 3.63) is 53.7 Å². The van der Waals surface area contributed by atoms with Crippen molar-refractivity contribution in [3.8, 4) is 11.6 Å². The fourth-order valence-corrected chi connectivity index (χ4v) is 1.43. The van der Waals surface area contributed by atoms with Gasteiger partial charge in [0.05, 0.1) is 6.10 Å². The molecule has 0 unspecified atom stereocenters. The number of hydrogen-bond donors (Lipinski definition) is 1. The summed E-state index contributed by atoms with van der Waals surface area (Å²) in [6.07, 6.45) is 1.12. The van der Waals surface area contributed by atoms with Gasteiger partial charge in [-0.2, -0.15) is 0 Å². The highest BCUT2D eigenvalue weighted by Crippen LogP contribution is 2.21. The first-order valence-electron chi connectivity index (χ1n) is 5.54. The quantitative estimate of drug-likeness (QED) is 0.878. The number of aryl methyl sites for hydroxylation is 1. The van der Waals surface area contributed by atoms with Crippen LogP contribution in [0.3, 0.4) is 0 Å². The molecule has 0 radical (unpaired) electrons. The number of benzene rings is 1. The Balaban J connectivity index is 2.11. The molecule has 0 aliphatic rings. The second-order valence-electron chi connectivity index (χ2n) is 4.02. The standard InChI is InChI=1S/C14H15NO2/c1-10-3-6-13(7-4-10)17-14-8-5-12(9-15-14)11(2)16/h3-9,11,16H,1-2H3/t11-/m1/s1. The number of pyridine rings is 1. The Bertz CT molecular complexity index is 475. The molecule has 1 N–H and O–H groups in total. The Morgan fingerprint density at radius 2 is 1.82 bits per heavy atom. The van der Waals surface area contributed by atoms with E-state index in [9.17, 15) is 5.11 Å². The number of hydrogen-bond acceptors (Lipinski definition) is 3. The van der Waals surface area contributed by atoms with Crippen LogP contribution in [-0.4, -0.2) is 10.1 Å². The Morgan fingerprint density at radius 1 is 1.12 bits per heavy atom. The van der Waals surface area contributed by atoms with Crippen molar-refractivity contribution in [1.82, 2.24) is 4.98 Å². The zero-order valence-electron chi connectivity index (χ0n) is 9.92. The van der Waals surface area contributed by atoms with Crippen LogP contribution in [-0.2, 0) is 0 Å². The number of rotatable bonds is 3. The van der Waals surface area contributed by atoms with Gasteiger partial charge in [-0.3, -0.25) is 0 Å². The highest BCUT2D eigenvalue weighted by Gasteiger charge is 2.02. The van der Waals surface area contributed by atoms with Crippen LogP contribution in [0.1, 0.15) is 24.2 Å². The molecule has 0 saturated heterocycles. The van der Waals surface area contributed by atoms with Crippen molar-refractivity contribution in [2.24, 2.45) is 0 Å². The lowest BCUT2D eigenvalue weighted by molar-refractivity contribution is 0.198. The normalized spacial score (nSPS) is 12.2. The van der Waals surface area contributed by atoms with Crippen molar-refractivity contribution in [2.45, 2.75) is 20.0 Å². The van der Waals surface area contributed by atoms with E-state index in [1.165, 1.54) is 5.56 Å². The first-order valence-corrected chi connectivity index (χ1v) is 5.54. The Labute approximate surface area is 101 Å². The third-order valence-electron chi connectivity index (χ3n) is 2.49. The molecule has 2 aromatic rings. The van der Waals surface area contributed by atoms with Crippen LogP contribution in [0.15, 0.2) is 42.6 Å². The van der Waals surface area contributed by atoms with Gasteiger partial charge in [0, 0.05) is 12.3 Å². The molecule has 0 saturated carbocycles. The lowest BCUT2D eigenvalue weighted by atomic mass is 10.2. The molecule has 88 valence electrons. The van der Waals surface area contributed by atoms with Crippen LogP contribution in [0.5, 0.6) is 11.6 Å². The molecular weight excluding hydrogens is 214 g/mol. The molecule has 0 aliphatic carbocycles. The smallest absolute Gasteiger partial charge is 0.219 e. The van der Waals surface area contributed by atoms with Gasteiger partial charge < -0.3 is 9.84 Å². The van der Waals surface area contributed by atoms with Crippen LogP contribution >= 0.6 is 0 Å². The van der Waals surface area contributed by atoms with Gasteiger partial charge in [-0.05, 0) is 37.6 Å². The largest absolute Gasteiger partial charge is 0.439 e. The fourth-order valence-electron chi connectivity index (χ4n) is 1.43. The summed E-state index contributed by atoms with van der Waals surface area (Å²) in [5.41, 5.74) is 1.97. The number of aromatic nitrogens is 1. The van der Waals surface area contributed by atoms with Gasteiger partial charge in [0.2, 0.25) is 5.88 Å². The molecule has 1 aromatic carbocycles. The van der Waals surface area contributed by atoms with Gasteiger partial charge >= 0.3 is 0 Å². The average molecular weight is 229 g/mol. The van der Waals surface area contributed by atoms with Gasteiger partial charge in [0.15, 0.2) is 0 Å². The van der Waals surface area contributed by atoms with Crippen molar-refractivity contribution in [1.29, 1.82) is 0 Å². The lowest BCUT2D eigenvalue weighted by Gasteiger charge is -2.07. The van der Waals surface area contributed by atoms with Crippen molar-refractivity contribution in [2.75, 3.05) is 0 Å². The predicted octanol–water partition coefficient (Wildman–Crippen LogP) is 3.24. The monoisotopic (exact) mass is 229 g/mol. The van der Waals surface area contributed by atoms with Crippen LogP contribution < -0.4 is 4.74 Å². The topological polar surface area (TPSA) is 42.4 Å². The summed E-state index contributed by atoms with van der Waals surface area (Å²) in [6, 6.07) is 11.3. The van der Waals surface area contributed by atoms with Crippen molar-refractivity contribution < 1.29 is 9.84 Å². The molecule has 0 bridgehead atoms. The SMILES string of the molecule is Cc1ccc(Oc2ccc([C@@H](C)O)cn2)cc1. The third kappa shape index (κ3) is 3.04. The van der Waals surface area contributed by atoms with Gasteiger partial charge in [0.25, 0.3) is 0 Å². The van der Waals surface area contributed by atoms with E-state index >= 15 is 0 Å². The van der Waals surface area contributed by atoms with E-state index in [1.807, 2.05) is 31.2 Å². The zero-order chi connectivity index (χ0) is 12.3. The molecule has 1 heterocycles. The molecule has 0 aliphatic heterocycles. The minimum absolute atomic E-state index is 0.504. The zero-order valence-corrected chi connectivity index (χ0v) is 9.92. The summed E-state index contributed by atoms with van der Waals surface area (Å²) < 4.78 is 5.58. The molecule has 0 amide bonds. The van der Waals surface area contributed by atoms with E-state index in [0.29, 0.717) is 5.88 Å². The van der Waals surface area contributed by atoms with E-state index in [-0.39, 0.29) is 0 Å². The summed E-state index contributed by atoms with van der Waals surface area (Å²) in [4.78, 5) is 4.14. The highest BCUT2D eigenvalue weighted by atomic mass is 16.5. The van der Waals surface area contributed by atoms with E-state index in [0.717, 1.165) is 11.3 Å². The van der Waals surface area contributed by atoms with Crippen LogP contribution in [0.4, 0.5) is 0 Å². The summed E-state index contributed by atoms with van der Waals surface area (Å²) in [6.45, 7) is 3.73. The molecule has 0 fully saturated rings. The molecular formula is C14H15NO2. The Hall–Kier alpha value is -1.87. The van der Waals surface area contributed by atoms with E-state index in [1.54, 1.807) is 25.3 Å². The van der Waals surface area contributed by atoms with Gasteiger partial charge in [-0.15, -0.1) is 0 Å². The number of nitrogens with zero attached hydrogens (tertiary/aromatic N) is 1. The molecule has 3 nitrogen and oxygen atoms in total. The summed E-state index contributed by atoms with van der Waals surface area (Å²) >= 11 is 0. The summed E-state index contributed by atoms with van der Waals surface area (Å²) in [5.74, 6) is 1.28. The second kappa shape index (κ2) is 4.97. The van der Waals surface area contributed by atoms with Gasteiger partial charge in [-0.25, -0.2) is 4.98 Å². The average Bonchev–Trinajstić information content (AvgIpc) is 2.33. The fraction of sp³-hybridized carbons (Fsp3) is 0.214. The molecule has 1 atom stereocenters. The molecule has 1 aromatic heterocycles. The van der Waals surface area contributed by atoms with E-state index < -0.39 is 6.10 Å². The van der Waals surface area contributed by atoms with E-state index in [4.69, 9.17) is 4.74 Å². The Kier molecular flexibility index (Phi) is 3.40. The maximum absolute atomic E-state index is 9.35. The van der Waals surface area contributed by atoms with E-state index in [2.05, 4.69) is 4.98 Å². The lowest BCUT2D eigenvalue weighted by Crippen LogP contribution is -1.93. The second-order valence-corrected chi connectivity index (χ2v) is 4.02. The first-order chi connectivity index (χ1) is 8.15. The van der Waals surface area contributed by atoms with Gasteiger partial charge in [-0.1, -0.05) is 17.7 Å². The predicted molar refractivity (Wildman–Crippen MR) is 66.1 cm³/mol. The number of aliphatic hydroxyl groups is 1. The molecule has 3 heteroatoms. The van der Waals surface area contributed by atoms with Crippen LogP contribution in [0.2, 0.25) is 0 Å². The highest BCUT2D eigenvalue weighted by molar-refractivity contribution is 5.30. The number of ether oxygens (including phenoxy) is 1. The van der Waals surface area contributed by atoms with Crippen molar-refractivity contribution in [3.63, 3.8) is 0 Å². The molecule has 17 heavy (non-hydrogen) atoms. The minimum atomic E-state index is -0.504. The van der Waals surface area contributed by atoms with Gasteiger partial charge in [0.1, 0.15) is 5.75 Å². The minimum Gasteiger partial charge on any atom is -0.439 e. The van der Waals surface area contributed by atoms with Crippen LogP contribution in [0, 0.1) is 6.92 Å². The molecule has 2 rings (SSSR count). The third-order valence-corrected chi connectivity index (χ3v) is 2.49. The van der Waals surface area contributed by atoms with Crippen molar-refractivity contribution >= 4 is 0 Å². The summed E-state index contributed by atoms with van der Waals surface area (Å²) in [7, 11) is 0. The Morgan fingerprint density at radius 3 is 2.35 bits per heavy atom. The maximum atomic E-state index is 9.35.